The highest BCUT2D eigenvalue weighted by Gasteiger charge is 2.08. The SMILES string of the molecule is CCCOc1ccc(Cl)cc1NC(=O)CCCCCN. The summed E-state index contributed by atoms with van der Waals surface area (Å²) in [5, 5.41) is 3.43. The third-order valence-electron chi connectivity index (χ3n) is 2.79. The van der Waals surface area contributed by atoms with Gasteiger partial charge in [-0.25, -0.2) is 0 Å². The van der Waals surface area contributed by atoms with Gasteiger partial charge in [-0.15, -0.1) is 0 Å². The maximum atomic E-state index is 11.9. The molecular formula is C15H23ClN2O2. The number of rotatable bonds is 9. The lowest BCUT2D eigenvalue weighted by Gasteiger charge is -2.12. The van der Waals surface area contributed by atoms with Crippen molar-refractivity contribution in [2.75, 3.05) is 18.5 Å². The van der Waals surface area contributed by atoms with Crippen LogP contribution in [0.25, 0.3) is 0 Å². The predicted molar refractivity (Wildman–Crippen MR) is 83.4 cm³/mol. The summed E-state index contributed by atoms with van der Waals surface area (Å²) in [6.45, 7) is 3.32. The maximum absolute atomic E-state index is 11.9. The number of carbonyl (C=O) groups is 1. The van der Waals surface area contributed by atoms with Gasteiger partial charge in [0.25, 0.3) is 0 Å². The van der Waals surface area contributed by atoms with E-state index in [1.54, 1.807) is 18.2 Å². The van der Waals surface area contributed by atoms with Crippen LogP contribution in [0.2, 0.25) is 5.02 Å². The average molecular weight is 299 g/mol. The number of hydrogen-bond acceptors (Lipinski definition) is 3. The summed E-state index contributed by atoms with van der Waals surface area (Å²) in [4.78, 5) is 11.9. The van der Waals surface area contributed by atoms with E-state index in [9.17, 15) is 4.79 Å². The van der Waals surface area contributed by atoms with E-state index >= 15 is 0 Å². The van der Waals surface area contributed by atoms with Gasteiger partial charge in [-0.2, -0.15) is 0 Å². The lowest BCUT2D eigenvalue weighted by Crippen LogP contribution is -2.12. The Morgan fingerprint density at radius 2 is 2.15 bits per heavy atom. The molecule has 1 amide bonds. The minimum atomic E-state index is -0.0226. The fraction of sp³-hybridized carbons (Fsp3) is 0.533. The summed E-state index contributed by atoms with van der Waals surface area (Å²) in [5.41, 5.74) is 6.05. The van der Waals surface area contributed by atoms with Crippen LogP contribution in [0.15, 0.2) is 18.2 Å². The summed E-state index contributed by atoms with van der Waals surface area (Å²) < 4.78 is 5.60. The maximum Gasteiger partial charge on any atom is 0.224 e. The second-order valence-corrected chi connectivity index (χ2v) is 5.07. The molecule has 0 aromatic heterocycles. The fourth-order valence-electron chi connectivity index (χ4n) is 1.76. The molecule has 0 bridgehead atoms. The van der Waals surface area contributed by atoms with Crippen LogP contribution >= 0.6 is 11.6 Å². The van der Waals surface area contributed by atoms with E-state index in [2.05, 4.69) is 5.32 Å². The van der Waals surface area contributed by atoms with Crippen LogP contribution in [-0.4, -0.2) is 19.1 Å². The minimum absolute atomic E-state index is 0.0226. The van der Waals surface area contributed by atoms with Crippen molar-refractivity contribution in [3.05, 3.63) is 23.2 Å². The second-order valence-electron chi connectivity index (χ2n) is 4.64. The van der Waals surface area contributed by atoms with Crippen molar-refractivity contribution in [2.45, 2.75) is 39.0 Å². The summed E-state index contributed by atoms with van der Waals surface area (Å²) in [6, 6.07) is 5.25. The van der Waals surface area contributed by atoms with Gasteiger partial charge < -0.3 is 15.8 Å². The first-order valence-electron chi connectivity index (χ1n) is 7.09. The second kappa shape index (κ2) is 9.61. The molecule has 0 spiro atoms. The number of nitrogens with two attached hydrogens (primary N) is 1. The molecule has 0 heterocycles. The molecule has 0 radical (unpaired) electrons. The summed E-state index contributed by atoms with van der Waals surface area (Å²) >= 11 is 5.96. The smallest absolute Gasteiger partial charge is 0.224 e. The van der Waals surface area contributed by atoms with E-state index in [-0.39, 0.29) is 5.91 Å². The molecule has 1 aromatic rings. The fourth-order valence-corrected chi connectivity index (χ4v) is 1.93. The highest BCUT2D eigenvalue weighted by Crippen LogP contribution is 2.28. The first-order chi connectivity index (χ1) is 9.67. The molecule has 3 N–H and O–H groups in total. The van der Waals surface area contributed by atoms with Gasteiger partial charge in [0, 0.05) is 11.4 Å². The lowest BCUT2D eigenvalue weighted by molar-refractivity contribution is -0.116. The molecule has 4 nitrogen and oxygen atoms in total. The van der Waals surface area contributed by atoms with Gasteiger partial charge in [-0.05, 0) is 44.0 Å². The monoisotopic (exact) mass is 298 g/mol. The summed E-state index contributed by atoms with van der Waals surface area (Å²) in [5.74, 6) is 0.636. The highest BCUT2D eigenvalue weighted by molar-refractivity contribution is 6.31. The van der Waals surface area contributed by atoms with Crippen molar-refractivity contribution >= 4 is 23.2 Å². The van der Waals surface area contributed by atoms with E-state index in [0.717, 1.165) is 25.7 Å². The molecule has 0 unspecified atom stereocenters. The van der Waals surface area contributed by atoms with Crippen LogP contribution < -0.4 is 15.8 Å². The van der Waals surface area contributed by atoms with Gasteiger partial charge >= 0.3 is 0 Å². The van der Waals surface area contributed by atoms with E-state index < -0.39 is 0 Å². The molecule has 0 atom stereocenters. The molecule has 0 saturated heterocycles. The average Bonchev–Trinajstić information content (AvgIpc) is 2.43. The normalized spacial score (nSPS) is 10.3. The minimum Gasteiger partial charge on any atom is -0.491 e. The van der Waals surface area contributed by atoms with Crippen LogP contribution in [-0.2, 0) is 4.79 Å². The third kappa shape index (κ3) is 6.26. The molecule has 1 rings (SSSR count). The van der Waals surface area contributed by atoms with Crippen LogP contribution in [0.3, 0.4) is 0 Å². The number of nitrogens with one attached hydrogen (secondary N) is 1. The molecule has 5 heteroatoms. The van der Waals surface area contributed by atoms with Crippen molar-refractivity contribution in [2.24, 2.45) is 5.73 Å². The first-order valence-corrected chi connectivity index (χ1v) is 7.47. The Hall–Kier alpha value is -1.26. The number of ether oxygens (including phenoxy) is 1. The topological polar surface area (TPSA) is 64.3 Å². The van der Waals surface area contributed by atoms with Crippen molar-refractivity contribution in [3.63, 3.8) is 0 Å². The van der Waals surface area contributed by atoms with E-state index in [4.69, 9.17) is 22.1 Å². The van der Waals surface area contributed by atoms with Gasteiger partial charge in [-0.3, -0.25) is 4.79 Å². The van der Waals surface area contributed by atoms with Crippen molar-refractivity contribution in [1.82, 2.24) is 0 Å². The van der Waals surface area contributed by atoms with E-state index in [0.29, 0.717) is 36.0 Å². The largest absolute Gasteiger partial charge is 0.491 e. The number of benzene rings is 1. The Labute approximate surface area is 125 Å². The molecule has 0 saturated carbocycles. The molecule has 1 aromatic carbocycles. The number of carbonyl (C=O) groups excluding carboxylic acids is 1. The number of amides is 1. The van der Waals surface area contributed by atoms with E-state index in [1.165, 1.54) is 0 Å². The molecular weight excluding hydrogens is 276 g/mol. The van der Waals surface area contributed by atoms with Gasteiger partial charge in [0.1, 0.15) is 5.75 Å². The Kier molecular flexibility index (Phi) is 8.07. The van der Waals surface area contributed by atoms with Crippen molar-refractivity contribution in [1.29, 1.82) is 0 Å². The number of halogens is 1. The van der Waals surface area contributed by atoms with Crippen molar-refractivity contribution in [3.8, 4) is 5.75 Å². The van der Waals surface area contributed by atoms with Gasteiger partial charge in [-0.1, -0.05) is 24.9 Å². The summed E-state index contributed by atoms with van der Waals surface area (Å²) in [6.07, 6.45) is 4.16. The molecule has 0 fully saturated rings. The zero-order valence-electron chi connectivity index (χ0n) is 12.0. The van der Waals surface area contributed by atoms with Crippen molar-refractivity contribution < 1.29 is 9.53 Å². The number of unbranched alkanes of at least 4 members (excludes halogenated alkanes) is 2. The zero-order chi connectivity index (χ0) is 14.8. The molecule has 0 aliphatic carbocycles. The third-order valence-corrected chi connectivity index (χ3v) is 3.02. The first kappa shape index (κ1) is 16.8. The quantitative estimate of drug-likeness (QED) is 0.685. The molecule has 0 aliphatic rings. The molecule has 20 heavy (non-hydrogen) atoms. The lowest BCUT2D eigenvalue weighted by atomic mass is 10.2. The standard InChI is InChI=1S/C15H23ClN2O2/c1-2-10-20-14-8-7-12(16)11-13(14)18-15(19)6-4-3-5-9-17/h7-8,11H,2-6,9-10,17H2,1H3,(H,18,19). The number of hydrogen-bond donors (Lipinski definition) is 2. The van der Waals surface area contributed by atoms with Crippen LogP contribution in [0.1, 0.15) is 39.0 Å². The van der Waals surface area contributed by atoms with Crippen LogP contribution in [0.5, 0.6) is 5.75 Å². The predicted octanol–water partition coefficient (Wildman–Crippen LogP) is 3.59. The molecule has 112 valence electrons. The Morgan fingerprint density at radius 1 is 1.35 bits per heavy atom. The summed E-state index contributed by atoms with van der Waals surface area (Å²) in [7, 11) is 0. The molecule has 0 aliphatic heterocycles. The zero-order valence-corrected chi connectivity index (χ0v) is 12.7. The van der Waals surface area contributed by atoms with E-state index in [1.807, 2.05) is 6.92 Å². The van der Waals surface area contributed by atoms with Gasteiger partial charge in [0.2, 0.25) is 5.91 Å². The van der Waals surface area contributed by atoms with Crippen LogP contribution in [0.4, 0.5) is 5.69 Å². The number of anilines is 1. The van der Waals surface area contributed by atoms with Gasteiger partial charge in [0.15, 0.2) is 0 Å². The Bertz CT molecular complexity index is 424. The van der Waals surface area contributed by atoms with Crippen LogP contribution in [0, 0.1) is 0 Å². The Balaban J connectivity index is 2.55. The van der Waals surface area contributed by atoms with Gasteiger partial charge in [0.05, 0.1) is 12.3 Å². The highest BCUT2D eigenvalue weighted by atomic mass is 35.5. The Morgan fingerprint density at radius 3 is 2.85 bits per heavy atom.